The quantitative estimate of drug-likeness (QED) is 0.642. The number of pyridine rings is 1. The molecule has 0 bridgehead atoms. The van der Waals surface area contributed by atoms with Gasteiger partial charge in [0.2, 0.25) is 0 Å². The smallest absolute Gasteiger partial charge is 0.266 e. The van der Waals surface area contributed by atoms with Crippen LogP contribution < -0.4 is 9.75 Å². The van der Waals surface area contributed by atoms with E-state index in [2.05, 4.69) is 11.1 Å². The van der Waals surface area contributed by atoms with Crippen LogP contribution in [0.25, 0.3) is 16.8 Å². The van der Waals surface area contributed by atoms with E-state index in [1.807, 2.05) is 42.5 Å². The van der Waals surface area contributed by atoms with Gasteiger partial charge in [-0.25, -0.2) is 0 Å². The number of nitroso groups, excluding NO2 is 1. The summed E-state index contributed by atoms with van der Waals surface area (Å²) in [5.41, 5.74) is 4.59. The summed E-state index contributed by atoms with van der Waals surface area (Å²) in [6.07, 6.45) is 3.16. The van der Waals surface area contributed by atoms with E-state index in [9.17, 15) is 10.2 Å². The zero-order valence-electron chi connectivity index (χ0n) is 14.8. The largest absolute Gasteiger partial charge is 0.477 e. The van der Waals surface area contributed by atoms with Crippen LogP contribution in [0.4, 0.5) is 5.69 Å². The summed E-state index contributed by atoms with van der Waals surface area (Å²) >= 11 is 0. The molecule has 0 aliphatic carbocycles. The van der Waals surface area contributed by atoms with E-state index in [4.69, 9.17) is 4.74 Å². The first kappa shape index (κ1) is 16.2. The maximum Gasteiger partial charge on any atom is 0.266 e. The lowest BCUT2D eigenvalue weighted by Crippen LogP contribution is -2.41. The van der Waals surface area contributed by atoms with E-state index in [0.29, 0.717) is 11.3 Å². The maximum absolute atomic E-state index is 12.7. The Kier molecular flexibility index (Phi) is 3.66. The fraction of sp³-hybridized carbons (Fsp3) is 0.0909. The summed E-state index contributed by atoms with van der Waals surface area (Å²) in [5, 5.41) is 10.9. The Balaban J connectivity index is 1.63. The molecule has 0 fully saturated rings. The van der Waals surface area contributed by atoms with Crippen molar-refractivity contribution in [1.82, 2.24) is 4.98 Å². The Morgan fingerprint density at radius 3 is 2.71 bits per heavy atom. The highest BCUT2D eigenvalue weighted by atomic mass is 16.5. The highest BCUT2D eigenvalue weighted by Crippen LogP contribution is 2.45. The molecule has 0 spiro atoms. The van der Waals surface area contributed by atoms with Crippen molar-refractivity contribution in [3.05, 3.63) is 89.1 Å². The molecule has 1 atom stereocenters. The lowest BCUT2D eigenvalue weighted by atomic mass is 9.99. The maximum atomic E-state index is 12.7. The van der Waals surface area contributed by atoms with Crippen molar-refractivity contribution >= 4 is 11.3 Å². The Morgan fingerprint density at radius 1 is 1.07 bits per heavy atom. The molecule has 28 heavy (non-hydrogen) atoms. The van der Waals surface area contributed by atoms with E-state index in [0.717, 1.165) is 33.0 Å². The molecule has 0 N–H and O–H groups in total. The molecule has 2 aliphatic heterocycles. The Labute approximate surface area is 161 Å². The Hall–Kier alpha value is -3.98. The minimum Gasteiger partial charge on any atom is -0.477 e. The number of hydrazine groups is 1. The van der Waals surface area contributed by atoms with E-state index in [1.165, 1.54) is 5.01 Å². The van der Waals surface area contributed by atoms with Gasteiger partial charge in [0.05, 0.1) is 22.4 Å². The molecule has 5 rings (SSSR count). The zero-order chi connectivity index (χ0) is 19.1. The number of rotatable bonds is 2. The van der Waals surface area contributed by atoms with Crippen LogP contribution in [0.3, 0.4) is 0 Å². The monoisotopic (exact) mass is 367 g/mol. The highest BCUT2D eigenvalue weighted by molar-refractivity contribution is 5.86. The van der Waals surface area contributed by atoms with Gasteiger partial charge in [0.1, 0.15) is 22.4 Å². The lowest BCUT2D eigenvalue weighted by molar-refractivity contribution is -0.560. The first-order chi connectivity index (χ1) is 13.8. The first-order valence-electron chi connectivity index (χ1n) is 8.92. The van der Waals surface area contributed by atoms with E-state index in [-0.39, 0.29) is 12.6 Å². The summed E-state index contributed by atoms with van der Waals surface area (Å²) in [7, 11) is 0. The van der Waals surface area contributed by atoms with Crippen LogP contribution >= 0.6 is 0 Å². The van der Waals surface area contributed by atoms with Gasteiger partial charge in [0.15, 0.2) is 6.10 Å². The van der Waals surface area contributed by atoms with Crippen LogP contribution in [0.5, 0.6) is 5.75 Å². The third-order valence-electron chi connectivity index (χ3n) is 4.97. The van der Waals surface area contributed by atoms with Crippen molar-refractivity contribution < 1.29 is 9.61 Å². The summed E-state index contributed by atoms with van der Waals surface area (Å²) in [6, 6.07) is 20.9. The number of aromatic nitrogens is 1. The van der Waals surface area contributed by atoms with Gasteiger partial charge in [0.25, 0.3) is 6.54 Å². The molecule has 1 unspecified atom stereocenters. The van der Waals surface area contributed by atoms with Gasteiger partial charge in [-0.1, -0.05) is 35.3 Å². The first-order valence-corrected chi connectivity index (χ1v) is 8.92. The van der Waals surface area contributed by atoms with Crippen molar-refractivity contribution in [2.75, 3.05) is 11.6 Å². The van der Waals surface area contributed by atoms with Crippen LogP contribution in [-0.4, -0.2) is 22.5 Å². The normalized spacial score (nSPS) is 17.2. The molecule has 0 saturated carbocycles. The topological polar surface area (TPSA) is 69.2 Å². The summed E-state index contributed by atoms with van der Waals surface area (Å²) in [6.45, 7) is 0.141. The van der Waals surface area contributed by atoms with Gasteiger partial charge >= 0.3 is 0 Å². The van der Waals surface area contributed by atoms with Crippen LogP contribution in [-0.2, 0) is 0 Å². The molecule has 3 aromatic rings. The van der Waals surface area contributed by atoms with Crippen molar-refractivity contribution in [2.45, 2.75) is 6.10 Å². The number of benzene rings is 2. The highest BCUT2D eigenvalue weighted by Gasteiger charge is 2.43. The number of hydrogen-bond donors (Lipinski definition) is 0. The number of fused-ring (bicyclic) bond motifs is 3. The third-order valence-corrected chi connectivity index (χ3v) is 4.97. The molecule has 3 heterocycles. The molecule has 0 radical (unpaired) electrons. The van der Waals surface area contributed by atoms with Crippen molar-refractivity contribution in [2.24, 2.45) is 0 Å². The lowest BCUT2D eigenvalue weighted by Gasteiger charge is -2.20. The molecule has 1 aromatic heterocycles. The van der Waals surface area contributed by atoms with Crippen LogP contribution in [0.1, 0.15) is 11.1 Å². The van der Waals surface area contributed by atoms with Crippen LogP contribution in [0.2, 0.25) is 0 Å². The van der Waals surface area contributed by atoms with Gasteiger partial charge in [0, 0.05) is 22.9 Å². The number of nitriles is 1. The average molecular weight is 367 g/mol. The predicted octanol–water partition coefficient (Wildman–Crippen LogP) is 3.94. The second-order valence-corrected chi connectivity index (χ2v) is 6.60. The Morgan fingerprint density at radius 2 is 1.89 bits per heavy atom. The zero-order valence-corrected chi connectivity index (χ0v) is 14.8. The van der Waals surface area contributed by atoms with Gasteiger partial charge in [-0.15, -0.1) is 0 Å². The van der Waals surface area contributed by atoms with Gasteiger partial charge in [-0.2, -0.15) is 5.26 Å². The standard InChI is InChI=1S/C22H15N4O2/c23-12-15-6-1-2-10-20(15)25-13-18-16-7-5-8-17(19-9-3-4-11-24-19)22(16)28-21(18)14-26(25)27/h1-11,13,21H,14H2/q+1. The number of ether oxygens (including phenoxy) is 1. The predicted molar refractivity (Wildman–Crippen MR) is 104 cm³/mol. The molecule has 6 nitrogen and oxygen atoms in total. The molecule has 2 aliphatic rings. The van der Waals surface area contributed by atoms with Gasteiger partial charge in [-0.3, -0.25) is 4.98 Å². The SMILES string of the molecule is N#Cc1ccccc1N1C=C2c3cccc(-c4ccccn4)c3OC2C[N+]1=O. The summed E-state index contributed by atoms with van der Waals surface area (Å²) in [5.74, 6) is 0.737. The fourth-order valence-corrected chi connectivity index (χ4v) is 3.67. The number of anilines is 1. The summed E-state index contributed by atoms with van der Waals surface area (Å²) < 4.78 is 6.17. The average Bonchev–Trinajstić information content (AvgIpc) is 3.11. The van der Waals surface area contributed by atoms with Crippen LogP contribution in [0.15, 0.2) is 73.1 Å². The molecule has 6 heteroatoms. The summed E-state index contributed by atoms with van der Waals surface area (Å²) in [4.78, 5) is 18.0. The molecule has 0 amide bonds. The van der Waals surface area contributed by atoms with E-state index < -0.39 is 0 Å². The van der Waals surface area contributed by atoms with E-state index >= 15 is 0 Å². The number of para-hydroxylation sites is 2. The van der Waals surface area contributed by atoms with Crippen LogP contribution in [0, 0.1) is 16.2 Å². The third kappa shape index (κ3) is 2.45. The second kappa shape index (κ2) is 6.32. The molecule has 2 aromatic carbocycles. The van der Waals surface area contributed by atoms with Gasteiger partial charge < -0.3 is 4.74 Å². The van der Waals surface area contributed by atoms with Crippen molar-refractivity contribution in [3.8, 4) is 23.1 Å². The van der Waals surface area contributed by atoms with Crippen molar-refractivity contribution in [1.29, 1.82) is 5.26 Å². The second-order valence-electron chi connectivity index (χ2n) is 6.60. The molecule has 0 saturated heterocycles. The molecule has 134 valence electrons. The van der Waals surface area contributed by atoms with E-state index in [1.54, 1.807) is 30.6 Å². The van der Waals surface area contributed by atoms with Crippen molar-refractivity contribution in [3.63, 3.8) is 0 Å². The fourth-order valence-electron chi connectivity index (χ4n) is 3.67. The molecular formula is C22H15N4O2+. The minimum atomic E-state index is -0.358. The number of nitrogens with zero attached hydrogens (tertiary/aromatic N) is 4. The Bertz CT molecular complexity index is 1160. The number of hydrogen-bond acceptors (Lipinski definition) is 4. The molecular weight excluding hydrogens is 352 g/mol. The van der Waals surface area contributed by atoms with Gasteiger partial charge in [-0.05, 0) is 30.3 Å². The minimum absolute atomic E-state index is 0.141.